The van der Waals surface area contributed by atoms with Gasteiger partial charge >= 0.3 is 6.03 Å². The first-order valence-electron chi connectivity index (χ1n) is 8.39. The molecule has 0 bridgehead atoms. The first-order valence-corrected chi connectivity index (χ1v) is 8.77. The number of imide groups is 1. The van der Waals surface area contributed by atoms with Gasteiger partial charge in [0.2, 0.25) is 0 Å². The Balaban J connectivity index is 2.04. The van der Waals surface area contributed by atoms with Crippen LogP contribution in [0.1, 0.15) is 39.2 Å². The van der Waals surface area contributed by atoms with Crippen molar-refractivity contribution in [3.63, 3.8) is 0 Å². The lowest BCUT2D eigenvalue weighted by Gasteiger charge is -2.25. The molecule has 1 aliphatic heterocycles. The SMILES string of the molecule is CC(C)CC[C@]1(C)NC(=O)N(CN(C)Cc2c(F)cccc2Cl)C1=O. The number of nitrogens with zero attached hydrogens (tertiary/aromatic N) is 2. The summed E-state index contributed by atoms with van der Waals surface area (Å²) in [6.07, 6.45) is 1.44. The van der Waals surface area contributed by atoms with Crippen molar-refractivity contribution >= 4 is 23.5 Å². The number of hydrogen-bond acceptors (Lipinski definition) is 3. The van der Waals surface area contributed by atoms with Gasteiger partial charge in [0.25, 0.3) is 5.91 Å². The molecule has 0 aromatic heterocycles. The van der Waals surface area contributed by atoms with Crippen LogP contribution in [-0.4, -0.2) is 41.0 Å². The van der Waals surface area contributed by atoms with E-state index in [1.54, 1.807) is 31.0 Å². The molecule has 0 radical (unpaired) electrons. The van der Waals surface area contributed by atoms with Crippen LogP contribution in [0.25, 0.3) is 0 Å². The lowest BCUT2D eigenvalue weighted by Crippen LogP contribution is -2.45. The summed E-state index contributed by atoms with van der Waals surface area (Å²) in [5, 5.41) is 3.11. The minimum absolute atomic E-state index is 0.0760. The third kappa shape index (κ3) is 4.50. The number of carbonyl (C=O) groups is 2. The summed E-state index contributed by atoms with van der Waals surface area (Å²) < 4.78 is 13.9. The molecule has 138 valence electrons. The smallest absolute Gasteiger partial charge is 0.323 e. The van der Waals surface area contributed by atoms with Gasteiger partial charge in [-0.25, -0.2) is 14.1 Å². The highest BCUT2D eigenvalue weighted by molar-refractivity contribution is 6.31. The van der Waals surface area contributed by atoms with Crippen molar-refractivity contribution in [3.05, 3.63) is 34.6 Å². The largest absolute Gasteiger partial charge is 0.326 e. The summed E-state index contributed by atoms with van der Waals surface area (Å²) in [5.41, 5.74) is -0.529. The Bertz CT molecular complexity index is 647. The number of halogens is 2. The summed E-state index contributed by atoms with van der Waals surface area (Å²) in [7, 11) is 1.72. The molecule has 25 heavy (non-hydrogen) atoms. The fraction of sp³-hybridized carbons (Fsp3) is 0.556. The second kappa shape index (κ2) is 7.70. The Labute approximate surface area is 153 Å². The minimum atomic E-state index is -0.877. The van der Waals surface area contributed by atoms with E-state index in [2.05, 4.69) is 19.2 Å². The van der Waals surface area contributed by atoms with Crippen molar-refractivity contribution in [3.8, 4) is 0 Å². The lowest BCUT2D eigenvalue weighted by molar-refractivity contribution is -0.132. The summed E-state index contributed by atoms with van der Waals surface area (Å²) >= 11 is 6.04. The normalized spacial score (nSPS) is 20.7. The predicted molar refractivity (Wildman–Crippen MR) is 95.6 cm³/mol. The van der Waals surface area contributed by atoms with Crippen LogP contribution >= 0.6 is 11.6 Å². The first-order chi connectivity index (χ1) is 11.6. The van der Waals surface area contributed by atoms with Gasteiger partial charge in [-0.1, -0.05) is 31.5 Å². The number of carbonyl (C=O) groups excluding carboxylic acids is 2. The molecule has 2 rings (SSSR count). The van der Waals surface area contributed by atoms with E-state index in [0.29, 0.717) is 22.9 Å². The molecule has 1 aromatic rings. The Kier molecular flexibility index (Phi) is 6.06. The Hall–Kier alpha value is -1.66. The van der Waals surface area contributed by atoms with E-state index in [1.165, 1.54) is 11.0 Å². The fourth-order valence-corrected chi connectivity index (χ4v) is 3.09. The van der Waals surface area contributed by atoms with Crippen molar-refractivity contribution in [1.29, 1.82) is 0 Å². The molecule has 0 spiro atoms. The molecular formula is C18H25ClFN3O2. The molecule has 1 N–H and O–H groups in total. The maximum absolute atomic E-state index is 13.9. The molecular weight excluding hydrogens is 345 g/mol. The molecule has 0 aliphatic carbocycles. The third-order valence-electron chi connectivity index (χ3n) is 4.44. The second-order valence-corrected chi connectivity index (χ2v) is 7.69. The number of rotatable bonds is 7. The zero-order valence-electron chi connectivity index (χ0n) is 15.1. The van der Waals surface area contributed by atoms with E-state index < -0.39 is 17.4 Å². The lowest BCUT2D eigenvalue weighted by atomic mass is 9.92. The zero-order valence-corrected chi connectivity index (χ0v) is 15.9. The molecule has 3 amide bonds. The number of amides is 3. The second-order valence-electron chi connectivity index (χ2n) is 7.28. The molecule has 1 aliphatic rings. The van der Waals surface area contributed by atoms with Gasteiger partial charge in [-0.2, -0.15) is 0 Å². The van der Waals surface area contributed by atoms with Gasteiger partial charge < -0.3 is 5.32 Å². The highest BCUT2D eigenvalue weighted by atomic mass is 35.5. The minimum Gasteiger partial charge on any atom is -0.323 e. The molecule has 1 atom stereocenters. The van der Waals surface area contributed by atoms with Crippen molar-refractivity contribution in [1.82, 2.24) is 15.1 Å². The molecule has 1 heterocycles. The van der Waals surface area contributed by atoms with Crippen LogP contribution in [0.3, 0.4) is 0 Å². The molecule has 1 fully saturated rings. The van der Waals surface area contributed by atoms with Crippen molar-refractivity contribution in [2.24, 2.45) is 5.92 Å². The van der Waals surface area contributed by atoms with Crippen LogP contribution in [0.15, 0.2) is 18.2 Å². The number of hydrogen-bond donors (Lipinski definition) is 1. The number of nitrogens with one attached hydrogen (secondary N) is 1. The van der Waals surface area contributed by atoms with Crippen molar-refractivity contribution in [2.75, 3.05) is 13.7 Å². The van der Waals surface area contributed by atoms with Gasteiger partial charge in [0.15, 0.2) is 0 Å². The van der Waals surface area contributed by atoms with Gasteiger partial charge in [-0.3, -0.25) is 9.69 Å². The fourth-order valence-electron chi connectivity index (χ4n) is 2.87. The molecule has 0 unspecified atom stereocenters. The van der Waals surface area contributed by atoms with Gasteiger partial charge in [-0.05, 0) is 44.9 Å². The first kappa shape index (κ1) is 19.7. The third-order valence-corrected chi connectivity index (χ3v) is 4.79. The Morgan fingerprint density at radius 3 is 2.64 bits per heavy atom. The van der Waals surface area contributed by atoms with Crippen LogP contribution in [0.4, 0.5) is 9.18 Å². The maximum atomic E-state index is 13.9. The zero-order chi connectivity index (χ0) is 18.8. The van der Waals surface area contributed by atoms with Gasteiger partial charge in [0, 0.05) is 17.1 Å². The highest BCUT2D eigenvalue weighted by Gasteiger charge is 2.47. The molecule has 1 saturated heterocycles. The Morgan fingerprint density at radius 1 is 1.36 bits per heavy atom. The van der Waals surface area contributed by atoms with E-state index in [9.17, 15) is 14.0 Å². The van der Waals surface area contributed by atoms with Crippen LogP contribution < -0.4 is 5.32 Å². The van der Waals surface area contributed by atoms with E-state index in [4.69, 9.17) is 11.6 Å². The quantitative estimate of drug-likeness (QED) is 0.747. The summed E-state index contributed by atoms with van der Waals surface area (Å²) in [6, 6.07) is 4.08. The van der Waals surface area contributed by atoms with Crippen molar-refractivity contribution in [2.45, 2.75) is 45.7 Å². The van der Waals surface area contributed by atoms with E-state index in [1.807, 2.05) is 0 Å². The molecule has 5 nitrogen and oxygen atoms in total. The van der Waals surface area contributed by atoms with Gasteiger partial charge in [-0.15, -0.1) is 0 Å². The average Bonchev–Trinajstić information content (AvgIpc) is 2.73. The Morgan fingerprint density at radius 2 is 2.04 bits per heavy atom. The van der Waals surface area contributed by atoms with Crippen LogP contribution in [0.5, 0.6) is 0 Å². The summed E-state index contributed by atoms with van der Waals surface area (Å²) in [4.78, 5) is 27.8. The van der Waals surface area contributed by atoms with Gasteiger partial charge in [0.1, 0.15) is 11.4 Å². The number of benzene rings is 1. The molecule has 1 aromatic carbocycles. The standard InChI is InChI=1S/C18H25ClFN3O2/c1-12(2)8-9-18(3)16(24)23(17(25)21-18)11-22(4)10-13-14(19)6-5-7-15(13)20/h5-7,12H,8-11H2,1-4H3,(H,21,25)/t18-/m0/s1. The van der Waals surface area contributed by atoms with Crippen LogP contribution in [0.2, 0.25) is 5.02 Å². The molecule has 7 heteroatoms. The summed E-state index contributed by atoms with van der Waals surface area (Å²) in [5.74, 6) is -0.204. The maximum Gasteiger partial charge on any atom is 0.326 e. The van der Waals surface area contributed by atoms with Crippen LogP contribution in [0, 0.1) is 11.7 Å². The molecule has 0 saturated carbocycles. The number of urea groups is 1. The average molecular weight is 370 g/mol. The highest BCUT2D eigenvalue weighted by Crippen LogP contribution is 2.25. The van der Waals surface area contributed by atoms with E-state index >= 15 is 0 Å². The van der Waals surface area contributed by atoms with E-state index in [0.717, 1.165) is 6.42 Å². The topological polar surface area (TPSA) is 52.7 Å². The van der Waals surface area contributed by atoms with Crippen molar-refractivity contribution < 1.29 is 14.0 Å². The summed E-state index contributed by atoms with van der Waals surface area (Å²) in [6.45, 7) is 6.18. The van der Waals surface area contributed by atoms with Gasteiger partial charge in [0.05, 0.1) is 6.67 Å². The predicted octanol–water partition coefficient (Wildman–Crippen LogP) is 3.62. The monoisotopic (exact) mass is 369 g/mol. The van der Waals surface area contributed by atoms with E-state index in [-0.39, 0.29) is 19.1 Å². The van der Waals surface area contributed by atoms with Crippen LogP contribution in [-0.2, 0) is 11.3 Å².